The Morgan fingerprint density at radius 2 is 1.75 bits per heavy atom. The first kappa shape index (κ1) is 14.8. The van der Waals surface area contributed by atoms with Gasteiger partial charge in [0.15, 0.2) is 5.78 Å². The van der Waals surface area contributed by atoms with E-state index in [4.69, 9.17) is 4.74 Å². The zero-order valence-corrected chi connectivity index (χ0v) is 13.2. The summed E-state index contributed by atoms with van der Waals surface area (Å²) >= 11 is 1.60. The lowest BCUT2D eigenvalue weighted by Crippen LogP contribution is -2.08. The molecule has 0 aliphatic carbocycles. The highest BCUT2D eigenvalue weighted by molar-refractivity contribution is 7.14. The van der Waals surface area contributed by atoms with Crippen LogP contribution in [0.2, 0.25) is 0 Å². The van der Waals surface area contributed by atoms with Gasteiger partial charge in [0.25, 0.3) is 0 Å². The van der Waals surface area contributed by atoms with Crippen LogP contribution in [0.3, 0.4) is 0 Å². The largest absolute Gasteiger partial charge is 0.497 e. The Bertz CT molecular complexity index is 588. The molecule has 1 aromatic carbocycles. The van der Waals surface area contributed by atoms with Gasteiger partial charge < -0.3 is 4.74 Å². The quantitative estimate of drug-likeness (QED) is 0.775. The third-order valence-electron chi connectivity index (χ3n) is 3.14. The minimum atomic E-state index is 0.101. The number of hydrogen-bond donors (Lipinski definition) is 0. The van der Waals surface area contributed by atoms with Crippen LogP contribution in [0.5, 0.6) is 5.75 Å². The molecular weight excluding hydrogens is 268 g/mol. The number of carbonyl (C=O) groups is 1. The highest BCUT2D eigenvalue weighted by Crippen LogP contribution is 2.30. The number of hydrogen-bond acceptors (Lipinski definition) is 3. The first-order chi connectivity index (χ1) is 9.40. The van der Waals surface area contributed by atoms with Crippen LogP contribution < -0.4 is 4.74 Å². The maximum absolute atomic E-state index is 12.3. The van der Waals surface area contributed by atoms with Crippen molar-refractivity contribution in [2.75, 3.05) is 7.11 Å². The molecule has 0 unspecified atom stereocenters. The van der Waals surface area contributed by atoms with Gasteiger partial charge in [0.2, 0.25) is 0 Å². The average Bonchev–Trinajstić information content (AvgIpc) is 2.89. The fourth-order valence-corrected chi connectivity index (χ4v) is 2.91. The van der Waals surface area contributed by atoms with Gasteiger partial charge in [0, 0.05) is 11.3 Å². The van der Waals surface area contributed by atoms with Crippen molar-refractivity contribution in [1.29, 1.82) is 0 Å². The molecule has 1 aromatic heterocycles. The molecule has 0 spiro atoms. The van der Waals surface area contributed by atoms with Gasteiger partial charge in [0.1, 0.15) is 5.75 Å². The van der Waals surface area contributed by atoms with E-state index in [1.165, 1.54) is 4.88 Å². The van der Waals surface area contributed by atoms with Crippen molar-refractivity contribution in [2.45, 2.75) is 32.6 Å². The number of methoxy groups -OCH3 is 1. The minimum Gasteiger partial charge on any atom is -0.497 e. The van der Waals surface area contributed by atoms with E-state index < -0.39 is 0 Å². The Balaban J connectivity index is 2.09. The third-order valence-corrected chi connectivity index (χ3v) is 4.70. The van der Waals surface area contributed by atoms with Crippen molar-refractivity contribution in [3.05, 3.63) is 51.7 Å². The summed E-state index contributed by atoms with van der Waals surface area (Å²) in [6.07, 6.45) is 0.439. The van der Waals surface area contributed by atoms with Gasteiger partial charge in [-0.25, -0.2) is 0 Å². The van der Waals surface area contributed by atoms with Crippen molar-refractivity contribution in [1.82, 2.24) is 0 Å². The molecule has 0 bridgehead atoms. The molecule has 0 N–H and O–H groups in total. The van der Waals surface area contributed by atoms with E-state index in [9.17, 15) is 4.79 Å². The summed E-state index contributed by atoms with van der Waals surface area (Å²) in [6, 6.07) is 11.7. The van der Waals surface area contributed by atoms with Gasteiger partial charge in [-0.2, -0.15) is 0 Å². The van der Waals surface area contributed by atoms with Gasteiger partial charge in [-0.05, 0) is 35.2 Å². The van der Waals surface area contributed by atoms with Crippen LogP contribution in [0.15, 0.2) is 36.4 Å². The molecular formula is C17H20O2S. The summed E-state index contributed by atoms with van der Waals surface area (Å²) in [4.78, 5) is 14.4. The van der Waals surface area contributed by atoms with Crippen LogP contribution in [0.25, 0.3) is 0 Å². The van der Waals surface area contributed by atoms with Crippen LogP contribution in [0.4, 0.5) is 0 Å². The van der Waals surface area contributed by atoms with E-state index in [1.54, 1.807) is 18.4 Å². The summed E-state index contributed by atoms with van der Waals surface area (Å²) in [5.74, 6) is 0.989. The van der Waals surface area contributed by atoms with Crippen molar-refractivity contribution in [2.24, 2.45) is 0 Å². The lowest BCUT2D eigenvalue weighted by molar-refractivity contribution is 0.0997. The first-order valence-corrected chi connectivity index (χ1v) is 7.48. The summed E-state index contributed by atoms with van der Waals surface area (Å²) in [5, 5.41) is 0. The second kappa shape index (κ2) is 5.80. The lowest BCUT2D eigenvalue weighted by Gasteiger charge is -2.15. The molecule has 0 atom stereocenters. The molecule has 0 aliphatic rings. The summed E-state index contributed by atoms with van der Waals surface area (Å²) in [6.45, 7) is 6.49. The molecule has 0 aliphatic heterocycles. The van der Waals surface area contributed by atoms with E-state index in [0.29, 0.717) is 6.42 Å². The molecule has 0 fully saturated rings. The zero-order valence-electron chi connectivity index (χ0n) is 12.4. The Hall–Kier alpha value is -1.61. The lowest BCUT2D eigenvalue weighted by atomic mass is 9.95. The second-order valence-electron chi connectivity index (χ2n) is 5.86. The second-order valence-corrected chi connectivity index (χ2v) is 6.95. The highest BCUT2D eigenvalue weighted by Gasteiger charge is 2.18. The Labute approximate surface area is 124 Å². The van der Waals surface area contributed by atoms with Crippen molar-refractivity contribution >= 4 is 17.1 Å². The van der Waals surface area contributed by atoms with Gasteiger partial charge in [-0.1, -0.05) is 32.9 Å². The Morgan fingerprint density at radius 1 is 1.10 bits per heavy atom. The number of ketones is 1. The van der Waals surface area contributed by atoms with E-state index in [2.05, 4.69) is 26.8 Å². The molecule has 20 heavy (non-hydrogen) atoms. The summed E-state index contributed by atoms with van der Waals surface area (Å²) in [7, 11) is 1.64. The van der Waals surface area contributed by atoms with Crippen LogP contribution in [-0.4, -0.2) is 12.9 Å². The van der Waals surface area contributed by atoms with Crippen molar-refractivity contribution in [3.8, 4) is 5.75 Å². The van der Waals surface area contributed by atoms with E-state index in [-0.39, 0.29) is 11.2 Å². The van der Waals surface area contributed by atoms with Crippen LogP contribution in [-0.2, 0) is 11.8 Å². The van der Waals surface area contributed by atoms with Gasteiger partial charge in [-0.3, -0.25) is 4.79 Å². The maximum Gasteiger partial charge on any atom is 0.177 e. The summed E-state index contributed by atoms with van der Waals surface area (Å²) in [5.41, 5.74) is 1.12. The number of ether oxygens (including phenoxy) is 1. The molecule has 2 aromatic rings. The molecule has 1 heterocycles. The molecule has 0 radical (unpaired) electrons. The maximum atomic E-state index is 12.3. The number of carbonyl (C=O) groups excluding carboxylic acids is 1. The van der Waals surface area contributed by atoms with Gasteiger partial charge in [-0.15, -0.1) is 11.3 Å². The van der Waals surface area contributed by atoms with Crippen LogP contribution in [0, 0.1) is 0 Å². The molecule has 2 rings (SSSR count). The smallest absolute Gasteiger partial charge is 0.177 e. The zero-order chi connectivity index (χ0) is 14.8. The minimum absolute atomic E-state index is 0.101. The van der Waals surface area contributed by atoms with Crippen LogP contribution in [0.1, 0.15) is 40.9 Å². The number of Topliss-reactive ketones (excluding diaryl/α,β-unsaturated/α-hetero) is 1. The van der Waals surface area contributed by atoms with Crippen LogP contribution >= 0.6 is 11.3 Å². The Morgan fingerprint density at radius 3 is 2.25 bits per heavy atom. The Kier molecular flexibility index (Phi) is 4.29. The van der Waals surface area contributed by atoms with Crippen molar-refractivity contribution in [3.63, 3.8) is 0 Å². The number of benzene rings is 1. The third kappa shape index (κ3) is 3.48. The van der Waals surface area contributed by atoms with Crippen molar-refractivity contribution < 1.29 is 9.53 Å². The topological polar surface area (TPSA) is 26.3 Å². The SMILES string of the molecule is COc1ccc(CC(=O)c2ccc(C(C)(C)C)s2)cc1. The predicted molar refractivity (Wildman–Crippen MR) is 84.0 cm³/mol. The van der Waals surface area contributed by atoms with E-state index >= 15 is 0 Å². The number of rotatable bonds is 4. The van der Waals surface area contributed by atoms with E-state index in [0.717, 1.165) is 16.2 Å². The molecule has 0 saturated heterocycles. The predicted octanol–water partition coefficient (Wildman–Crippen LogP) is 4.48. The number of thiophene rings is 1. The standard InChI is InChI=1S/C17H20O2S/c1-17(2,3)16-10-9-15(20-16)14(18)11-12-5-7-13(19-4)8-6-12/h5-10H,11H2,1-4H3. The molecule has 106 valence electrons. The van der Waals surface area contributed by atoms with Gasteiger partial charge in [0.05, 0.1) is 12.0 Å². The van der Waals surface area contributed by atoms with E-state index in [1.807, 2.05) is 30.3 Å². The monoisotopic (exact) mass is 288 g/mol. The first-order valence-electron chi connectivity index (χ1n) is 6.66. The van der Waals surface area contributed by atoms with Gasteiger partial charge >= 0.3 is 0 Å². The molecule has 0 amide bonds. The summed E-state index contributed by atoms with van der Waals surface area (Å²) < 4.78 is 5.12. The molecule has 0 saturated carbocycles. The fraction of sp³-hybridized carbons (Fsp3) is 0.353. The molecule has 3 heteroatoms. The normalized spacial score (nSPS) is 11.4. The highest BCUT2D eigenvalue weighted by atomic mass is 32.1. The molecule has 2 nitrogen and oxygen atoms in total. The fourth-order valence-electron chi connectivity index (χ4n) is 1.91. The average molecular weight is 288 g/mol.